The smallest absolute Gasteiger partial charge is 0.349 e. The molecule has 0 spiro atoms. The van der Waals surface area contributed by atoms with Gasteiger partial charge in [0.1, 0.15) is 4.88 Å². The molecule has 1 aliphatic heterocycles. The molecule has 1 aliphatic rings. The van der Waals surface area contributed by atoms with E-state index < -0.39 is 18.0 Å². The van der Waals surface area contributed by atoms with Crippen LogP contribution in [-0.4, -0.2) is 24.6 Å². The summed E-state index contributed by atoms with van der Waals surface area (Å²) in [4.78, 5) is 24.1. The molecular formula is C16H14O4S. The average Bonchev–Trinajstić information content (AvgIpc) is 3.09. The van der Waals surface area contributed by atoms with Gasteiger partial charge < -0.3 is 9.47 Å². The van der Waals surface area contributed by atoms with Gasteiger partial charge in [-0.05, 0) is 23.9 Å². The Morgan fingerprint density at radius 1 is 1.29 bits per heavy atom. The molecule has 0 saturated carbocycles. The van der Waals surface area contributed by atoms with Crippen LogP contribution in [0.4, 0.5) is 0 Å². The van der Waals surface area contributed by atoms with E-state index in [1.54, 1.807) is 0 Å². The number of cyclic esters (lactones) is 1. The fourth-order valence-electron chi connectivity index (χ4n) is 2.19. The quantitative estimate of drug-likeness (QED) is 0.817. The van der Waals surface area contributed by atoms with Crippen molar-refractivity contribution in [2.45, 2.75) is 19.4 Å². The van der Waals surface area contributed by atoms with Crippen molar-refractivity contribution >= 4 is 23.3 Å². The first-order valence-corrected chi connectivity index (χ1v) is 7.55. The first-order valence-electron chi connectivity index (χ1n) is 6.67. The van der Waals surface area contributed by atoms with E-state index in [1.807, 2.05) is 42.6 Å². The molecule has 3 rings (SSSR count). The van der Waals surface area contributed by atoms with Crippen LogP contribution >= 0.6 is 11.3 Å². The van der Waals surface area contributed by atoms with Gasteiger partial charge in [0, 0.05) is 12.0 Å². The summed E-state index contributed by atoms with van der Waals surface area (Å²) >= 11 is 1.31. The number of hydrogen-bond acceptors (Lipinski definition) is 5. The van der Waals surface area contributed by atoms with E-state index in [2.05, 4.69) is 0 Å². The van der Waals surface area contributed by atoms with Crippen molar-refractivity contribution in [1.82, 2.24) is 0 Å². The number of hydrogen-bond donors (Lipinski definition) is 0. The van der Waals surface area contributed by atoms with Crippen LogP contribution in [0.25, 0.3) is 11.1 Å². The highest BCUT2D eigenvalue weighted by molar-refractivity contribution is 7.12. The Kier molecular flexibility index (Phi) is 3.75. The summed E-state index contributed by atoms with van der Waals surface area (Å²) in [5, 5.41) is 1.85. The molecule has 1 saturated heterocycles. The van der Waals surface area contributed by atoms with Crippen LogP contribution in [0.5, 0.6) is 0 Å². The molecule has 2 heterocycles. The molecule has 1 aromatic carbocycles. The second-order valence-corrected chi connectivity index (χ2v) is 5.80. The van der Waals surface area contributed by atoms with Crippen molar-refractivity contribution in [3.05, 3.63) is 46.2 Å². The van der Waals surface area contributed by atoms with Crippen LogP contribution in [0, 0.1) is 6.92 Å². The Bertz CT molecular complexity index is 672. The molecule has 0 unspecified atom stereocenters. The van der Waals surface area contributed by atoms with Crippen LogP contribution in [0.15, 0.2) is 35.7 Å². The number of carbonyl (C=O) groups is 2. The molecule has 1 aromatic heterocycles. The third-order valence-electron chi connectivity index (χ3n) is 3.35. The van der Waals surface area contributed by atoms with E-state index in [9.17, 15) is 9.59 Å². The normalized spacial score (nSPS) is 17.6. The maximum absolute atomic E-state index is 12.2. The number of ether oxygens (including phenoxy) is 2. The number of thiophene rings is 1. The van der Waals surface area contributed by atoms with Crippen molar-refractivity contribution in [3.8, 4) is 11.1 Å². The first kappa shape index (κ1) is 13.8. The SMILES string of the molecule is Cc1ccc(-c2ccsc2C(=O)O[C@@H]2CCOC2=O)cc1. The molecule has 1 atom stereocenters. The standard InChI is InChI=1S/C16H14O4S/c1-10-2-4-11(5-3-10)12-7-9-21-14(12)16(18)20-13-6-8-19-15(13)17/h2-5,7,9,13H,6,8H2,1H3/t13-/m1/s1. The van der Waals surface area contributed by atoms with Crippen LogP contribution < -0.4 is 0 Å². The van der Waals surface area contributed by atoms with Crippen LogP contribution in [-0.2, 0) is 14.3 Å². The molecule has 1 fully saturated rings. The van der Waals surface area contributed by atoms with Crippen LogP contribution in [0.3, 0.4) is 0 Å². The van der Waals surface area contributed by atoms with Gasteiger partial charge in [-0.2, -0.15) is 0 Å². The molecule has 0 N–H and O–H groups in total. The lowest BCUT2D eigenvalue weighted by atomic mass is 10.1. The van der Waals surface area contributed by atoms with E-state index in [0.717, 1.165) is 16.7 Å². The Morgan fingerprint density at radius 3 is 2.71 bits per heavy atom. The highest BCUT2D eigenvalue weighted by Gasteiger charge is 2.31. The lowest BCUT2D eigenvalue weighted by molar-refractivity contribution is -0.145. The van der Waals surface area contributed by atoms with Crippen molar-refractivity contribution in [2.75, 3.05) is 6.61 Å². The van der Waals surface area contributed by atoms with Gasteiger partial charge >= 0.3 is 11.9 Å². The molecule has 0 aliphatic carbocycles. The topological polar surface area (TPSA) is 52.6 Å². The molecule has 21 heavy (non-hydrogen) atoms. The minimum atomic E-state index is -0.773. The largest absolute Gasteiger partial charge is 0.463 e. The second-order valence-electron chi connectivity index (χ2n) is 4.88. The number of benzene rings is 1. The molecule has 0 radical (unpaired) electrons. The molecule has 108 valence electrons. The average molecular weight is 302 g/mol. The monoisotopic (exact) mass is 302 g/mol. The molecule has 0 amide bonds. The summed E-state index contributed by atoms with van der Waals surface area (Å²) in [7, 11) is 0. The first-order chi connectivity index (χ1) is 10.1. The Balaban J connectivity index is 1.83. The molecular weight excluding hydrogens is 288 g/mol. The molecule has 4 nitrogen and oxygen atoms in total. The lowest BCUT2D eigenvalue weighted by Gasteiger charge is -2.09. The van der Waals surface area contributed by atoms with Crippen molar-refractivity contribution < 1.29 is 19.1 Å². The minimum Gasteiger partial charge on any atom is -0.463 e. The summed E-state index contributed by atoms with van der Waals surface area (Å²) in [6.07, 6.45) is -0.346. The summed E-state index contributed by atoms with van der Waals surface area (Å²) in [5.41, 5.74) is 2.95. The third-order valence-corrected chi connectivity index (χ3v) is 4.24. The summed E-state index contributed by atoms with van der Waals surface area (Å²) in [5.74, 6) is -0.929. The Morgan fingerprint density at radius 2 is 2.05 bits per heavy atom. The maximum atomic E-state index is 12.2. The van der Waals surface area contributed by atoms with Gasteiger partial charge in [0.15, 0.2) is 0 Å². The predicted octanol–water partition coefficient (Wildman–Crippen LogP) is 3.20. The van der Waals surface area contributed by atoms with Gasteiger partial charge in [-0.15, -0.1) is 11.3 Å². The second kappa shape index (κ2) is 5.69. The van der Waals surface area contributed by atoms with Crippen LogP contribution in [0.1, 0.15) is 21.7 Å². The summed E-state index contributed by atoms with van der Waals surface area (Å²) < 4.78 is 10.0. The maximum Gasteiger partial charge on any atom is 0.349 e. The highest BCUT2D eigenvalue weighted by Crippen LogP contribution is 2.30. The van der Waals surface area contributed by atoms with Gasteiger partial charge in [0.05, 0.1) is 6.61 Å². The van der Waals surface area contributed by atoms with Gasteiger partial charge in [0.25, 0.3) is 0 Å². The lowest BCUT2D eigenvalue weighted by Crippen LogP contribution is -2.22. The number of aryl methyl sites for hydroxylation is 1. The Labute approximate surface area is 126 Å². The number of carbonyl (C=O) groups excluding carboxylic acids is 2. The van der Waals surface area contributed by atoms with Crippen molar-refractivity contribution in [2.24, 2.45) is 0 Å². The third kappa shape index (κ3) is 2.83. The highest BCUT2D eigenvalue weighted by atomic mass is 32.1. The summed E-state index contributed by atoms with van der Waals surface area (Å²) in [6, 6.07) is 9.82. The van der Waals surface area contributed by atoms with E-state index >= 15 is 0 Å². The molecule has 2 aromatic rings. The zero-order valence-electron chi connectivity index (χ0n) is 11.5. The van der Waals surface area contributed by atoms with Crippen molar-refractivity contribution in [1.29, 1.82) is 0 Å². The zero-order valence-corrected chi connectivity index (χ0v) is 12.3. The fraction of sp³-hybridized carbons (Fsp3) is 0.250. The Hall–Kier alpha value is -2.14. The van der Waals surface area contributed by atoms with Gasteiger partial charge in [-0.1, -0.05) is 29.8 Å². The molecule has 5 heteroatoms. The van der Waals surface area contributed by atoms with Gasteiger partial charge in [0.2, 0.25) is 6.10 Å². The van der Waals surface area contributed by atoms with E-state index in [-0.39, 0.29) is 0 Å². The number of rotatable bonds is 3. The predicted molar refractivity (Wildman–Crippen MR) is 79.3 cm³/mol. The van der Waals surface area contributed by atoms with E-state index in [0.29, 0.717) is 17.9 Å². The molecule has 0 bridgehead atoms. The van der Waals surface area contributed by atoms with Gasteiger partial charge in [-0.3, -0.25) is 0 Å². The summed E-state index contributed by atoms with van der Waals surface area (Å²) in [6.45, 7) is 2.32. The number of esters is 2. The zero-order chi connectivity index (χ0) is 14.8. The van der Waals surface area contributed by atoms with Gasteiger partial charge in [-0.25, -0.2) is 9.59 Å². The van der Waals surface area contributed by atoms with Crippen LogP contribution in [0.2, 0.25) is 0 Å². The fourth-order valence-corrected chi connectivity index (χ4v) is 2.99. The van der Waals surface area contributed by atoms with Crippen molar-refractivity contribution in [3.63, 3.8) is 0 Å². The minimum absolute atomic E-state index is 0.312. The van der Waals surface area contributed by atoms with E-state index in [1.165, 1.54) is 11.3 Å². The van der Waals surface area contributed by atoms with E-state index in [4.69, 9.17) is 9.47 Å².